The summed E-state index contributed by atoms with van der Waals surface area (Å²) < 4.78 is 29.9. The first-order valence-electron chi connectivity index (χ1n) is 9.37. The Morgan fingerprint density at radius 1 is 1.42 bits per heavy atom. The van der Waals surface area contributed by atoms with Crippen LogP contribution in [-0.2, 0) is 16.3 Å². The van der Waals surface area contributed by atoms with Crippen molar-refractivity contribution in [2.45, 2.75) is 69.0 Å². The van der Waals surface area contributed by atoms with Crippen molar-refractivity contribution in [3.05, 3.63) is 23.3 Å². The molecular weight excluding hydrogens is 352 g/mol. The van der Waals surface area contributed by atoms with E-state index in [2.05, 4.69) is 17.6 Å². The highest BCUT2D eigenvalue weighted by atomic mass is 32.2. The van der Waals surface area contributed by atoms with Gasteiger partial charge in [0, 0.05) is 24.8 Å². The SMILES string of the molecule is CCCC(NC(=O)c1cc(S(C)(=O)=O)cc2c1OC(C)C2)C1CCCN1. The Balaban J connectivity index is 1.91. The van der Waals surface area contributed by atoms with E-state index in [9.17, 15) is 13.2 Å². The topological polar surface area (TPSA) is 84.5 Å². The normalized spacial score (nSPS) is 23.3. The molecule has 0 aliphatic carbocycles. The molecule has 144 valence electrons. The summed E-state index contributed by atoms with van der Waals surface area (Å²) >= 11 is 0. The van der Waals surface area contributed by atoms with Crippen molar-refractivity contribution in [3.63, 3.8) is 0 Å². The van der Waals surface area contributed by atoms with Gasteiger partial charge in [-0.05, 0) is 50.4 Å². The molecule has 1 aromatic carbocycles. The van der Waals surface area contributed by atoms with Crippen LogP contribution in [-0.4, -0.2) is 45.3 Å². The fraction of sp³-hybridized carbons (Fsp3) is 0.632. The van der Waals surface area contributed by atoms with Crippen LogP contribution in [0.1, 0.15) is 55.5 Å². The maximum atomic E-state index is 13.0. The van der Waals surface area contributed by atoms with Crippen LogP contribution in [0.3, 0.4) is 0 Å². The molecule has 2 aliphatic rings. The van der Waals surface area contributed by atoms with Crippen LogP contribution in [0.5, 0.6) is 5.75 Å². The van der Waals surface area contributed by atoms with Gasteiger partial charge in [-0.25, -0.2) is 8.42 Å². The van der Waals surface area contributed by atoms with Gasteiger partial charge in [-0.3, -0.25) is 4.79 Å². The van der Waals surface area contributed by atoms with Crippen LogP contribution in [0, 0.1) is 0 Å². The highest BCUT2D eigenvalue weighted by Gasteiger charge is 2.31. The average Bonchev–Trinajstić information content (AvgIpc) is 3.20. The molecule has 1 aromatic rings. The third kappa shape index (κ3) is 4.04. The molecule has 3 rings (SSSR count). The predicted molar refractivity (Wildman–Crippen MR) is 101 cm³/mol. The minimum atomic E-state index is -3.40. The highest BCUT2D eigenvalue weighted by molar-refractivity contribution is 7.90. The number of ether oxygens (including phenoxy) is 1. The van der Waals surface area contributed by atoms with Crippen molar-refractivity contribution in [1.29, 1.82) is 0 Å². The second-order valence-electron chi connectivity index (χ2n) is 7.44. The summed E-state index contributed by atoms with van der Waals surface area (Å²) in [4.78, 5) is 13.2. The Bertz CT molecular complexity index is 785. The van der Waals surface area contributed by atoms with Crippen molar-refractivity contribution in [1.82, 2.24) is 10.6 Å². The maximum Gasteiger partial charge on any atom is 0.255 e. The third-order valence-corrected chi connectivity index (χ3v) is 6.23. The number of sulfone groups is 1. The van der Waals surface area contributed by atoms with Gasteiger partial charge >= 0.3 is 0 Å². The van der Waals surface area contributed by atoms with Crippen molar-refractivity contribution in [2.24, 2.45) is 0 Å². The molecule has 2 aliphatic heterocycles. The Labute approximate surface area is 155 Å². The maximum absolute atomic E-state index is 13.0. The molecule has 0 bridgehead atoms. The molecule has 2 N–H and O–H groups in total. The zero-order valence-electron chi connectivity index (χ0n) is 15.7. The van der Waals surface area contributed by atoms with Gasteiger partial charge in [0.15, 0.2) is 9.84 Å². The van der Waals surface area contributed by atoms with Crippen molar-refractivity contribution in [3.8, 4) is 5.75 Å². The second kappa shape index (κ2) is 7.56. The fourth-order valence-electron chi connectivity index (χ4n) is 3.87. The summed E-state index contributed by atoms with van der Waals surface area (Å²) in [5.74, 6) is 0.269. The van der Waals surface area contributed by atoms with Crippen LogP contribution >= 0.6 is 0 Å². The molecule has 0 spiro atoms. The van der Waals surface area contributed by atoms with Gasteiger partial charge in [0.05, 0.1) is 10.5 Å². The van der Waals surface area contributed by atoms with Gasteiger partial charge in [0.2, 0.25) is 0 Å². The van der Waals surface area contributed by atoms with Gasteiger partial charge < -0.3 is 15.4 Å². The predicted octanol–water partition coefficient (Wildman–Crippen LogP) is 2.06. The number of carbonyl (C=O) groups excluding carboxylic acids is 1. The number of hydrogen-bond donors (Lipinski definition) is 2. The van der Waals surface area contributed by atoms with Crippen LogP contribution < -0.4 is 15.4 Å². The van der Waals surface area contributed by atoms with Crippen LogP contribution in [0.2, 0.25) is 0 Å². The first kappa shape index (κ1) is 19.2. The number of carbonyl (C=O) groups is 1. The van der Waals surface area contributed by atoms with E-state index in [1.54, 1.807) is 6.07 Å². The van der Waals surface area contributed by atoms with E-state index < -0.39 is 9.84 Å². The van der Waals surface area contributed by atoms with E-state index in [1.807, 2.05) is 6.92 Å². The summed E-state index contributed by atoms with van der Waals surface area (Å²) in [6.45, 7) is 4.99. The van der Waals surface area contributed by atoms with E-state index in [0.717, 1.165) is 44.0 Å². The van der Waals surface area contributed by atoms with Crippen molar-refractivity contribution >= 4 is 15.7 Å². The van der Waals surface area contributed by atoms with E-state index >= 15 is 0 Å². The lowest BCUT2D eigenvalue weighted by Crippen LogP contribution is -2.47. The molecule has 0 aromatic heterocycles. The number of nitrogens with one attached hydrogen (secondary N) is 2. The lowest BCUT2D eigenvalue weighted by Gasteiger charge is -2.25. The molecule has 0 saturated carbocycles. The molecule has 3 atom stereocenters. The Kier molecular flexibility index (Phi) is 5.58. The number of hydrogen-bond acceptors (Lipinski definition) is 5. The van der Waals surface area contributed by atoms with Gasteiger partial charge in [0.25, 0.3) is 5.91 Å². The average molecular weight is 381 g/mol. The monoisotopic (exact) mass is 380 g/mol. The second-order valence-corrected chi connectivity index (χ2v) is 9.45. The minimum Gasteiger partial charge on any atom is -0.489 e. The number of rotatable bonds is 6. The summed E-state index contributed by atoms with van der Waals surface area (Å²) in [5, 5.41) is 6.57. The summed E-state index contributed by atoms with van der Waals surface area (Å²) in [6, 6.07) is 3.39. The third-order valence-electron chi connectivity index (χ3n) is 5.14. The Morgan fingerprint density at radius 3 is 2.81 bits per heavy atom. The first-order chi connectivity index (χ1) is 12.3. The van der Waals surface area contributed by atoms with Crippen LogP contribution in [0.4, 0.5) is 0 Å². The first-order valence-corrected chi connectivity index (χ1v) is 11.3. The Hall–Kier alpha value is -1.60. The lowest BCUT2D eigenvalue weighted by atomic mass is 10.0. The Morgan fingerprint density at radius 2 is 2.19 bits per heavy atom. The smallest absolute Gasteiger partial charge is 0.255 e. The van der Waals surface area contributed by atoms with Crippen molar-refractivity contribution in [2.75, 3.05) is 12.8 Å². The van der Waals surface area contributed by atoms with Gasteiger partial charge in [0.1, 0.15) is 11.9 Å². The molecule has 3 unspecified atom stereocenters. The number of amides is 1. The van der Waals surface area contributed by atoms with Crippen LogP contribution in [0.25, 0.3) is 0 Å². The summed E-state index contributed by atoms with van der Waals surface area (Å²) in [6.07, 6.45) is 5.72. The standard InChI is InChI=1S/C19H28N2O4S/c1-4-6-17(16-7-5-8-20-16)21-19(22)15-11-14(26(3,23)24)10-13-9-12(2)25-18(13)15/h10-12,16-17,20H,4-9H2,1-3H3,(H,21,22). The van der Waals surface area contributed by atoms with Gasteiger partial charge in [-0.1, -0.05) is 13.3 Å². The largest absolute Gasteiger partial charge is 0.489 e. The fourth-order valence-corrected chi connectivity index (χ4v) is 4.56. The zero-order chi connectivity index (χ0) is 18.9. The number of fused-ring (bicyclic) bond motifs is 1. The van der Waals surface area contributed by atoms with Crippen molar-refractivity contribution < 1.29 is 17.9 Å². The molecule has 0 radical (unpaired) electrons. The number of benzene rings is 1. The lowest BCUT2D eigenvalue weighted by molar-refractivity contribution is 0.0921. The van der Waals surface area contributed by atoms with Gasteiger partial charge in [-0.15, -0.1) is 0 Å². The molecule has 7 heteroatoms. The van der Waals surface area contributed by atoms with E-state index in [1.165, 1.54) is 6.07 Å². The van der Waals surface area contributed by atoms with Crippen LogP contribution in [0.15, 0.2) is 17.0 Å². The molecule has 1 amide bonds. The molecule has 1 saturated heterocycles. The molecule has 1 fully saturated rings. The summed E-state index contributed by atoms with van der Waals surface area (Å²) in [5.41, 5.74) is 1.11. The minimum absolute atomic E-state index is 0.0337. The van der Waals surface area contributed by atoms with E-state index in [-0.39, 0.29) is 29.0 Å². The molecule has 2 heterocycles. The molecular formula is C19H28N2O4S. The molecule has 26 heavy (non-hydrogen) atoms. The molecule has 6 nitrogen and oxygen atoms in total. The van der Waals surface area contributed by atoms with E-state index in [4.69, 9.17) is 4.74 Å². The quantitative estimate of drug-likeness (QED) is 0.789. The zero-order valence-corrected chi connectivity index (χ0v) is 16.5. The van der Waals surface area contributed by atoms with Gasteiger partial charge in [-0.2, -0.15) is 0 Å². The highest BCUT2D eigenvalue weighted by Crippen LogP contribution is 2.35. The summed E-state index contributed by atoms with van der Waals surface area (Å²) in [7, 11) is -3.40. The van der Waals surface area contributed by atoms with E-state index in [0.29, 0.717) is 17.7 Å².